The largest absolute Gasteiger partial charge is 0.348 e. The molecule has 2 atom stereocenters. The topological polar surface area (TPSA) is 52.6 Å². The fraction of sp³-hybridized carbons (Fsp3) is 0.500. The second-order valence-electron chi connectivity index (χ2n) is 6.16. The Morgan fingerprint density at radius 2 is 1.60 bits per heavy atom. The number of carbonyl (C=O) groups excluding carboxylic acids is 1. The second kappa shape index (κ2) is 4.92. The van der Waals surface area contributed by atoms with Crippen molar-refractivity contribution in [3.8, 4) is 0 Å². The summed E-state index contributed by atoms with van der Waals surface area (Å²) >= 11 is 0. The molecule has 1 aromatic rings. The van der Waals surface area contributed by atoms with E-state index in [0.29, 0.717) is 0 Å². The highest BCUT2D eigenvalue weighted by molar-refractivity contribution is 7.58. The van der Waals surface area contributed by atoms with Gasteiger partial charge >= 0.3 is 7.60 Å². The van der Waals surface area contributed by atoms with E-state index in [2.05, 4.69) is 19.6 Å². The lowest BCUT2D eigenvalue weighted by atomic mass is 10.1. The van der Waals surface area contributed by atoms with Crippen LogP contribution in [0, 0.1) is 0 Å². The molecule has 1 fully saturated rings. The van der Waals surface area contributed by atoms with Crippen LogP contribution in [0.2, 0.25) is 25.2 Å². The van der Waals surface area contributed by atoms with E-state index in [0.717, 1.165) is 5.56 Å². The van der Waals surface area contributed by atoms with Gasteiger partial charge in [-0.2, -0.15) is 0 Å². The van der Waals surface area contributed by atoms with Crippen molar-refractivity contribution in [3.63, 3.8) is 0 Å². The summed E-state index contributed by atoms with van der Waals surface area (Å²) in [6.07, 6.45) is 0. The smallest absolute Gasteiger partial charge is 0.311 e. The normalized spacial score (nSPS) is 26.6. The average Bonchev–Trinajstić information content (AvgIpc) is 3.07. The van der Waals surface area contributed by atoms with Gasteiger partial charge in [0.25, 0.3) is 0 Å². The maximum atomic E-state index is 13.1. The monoisotopic (exact) mass is 312 g/mol. The first-order valence-corrected chi connectivity index (χ1v) is 11.7. The molecule has 1 aliphatic carbocycles. The lowest BCUT2D eigenvalue weighted by Crippen LogP contribution is -2.26. The fourth-order valence-corrected chi connectivity index (χ4v) is 9.34. The van der Waals surface area contributed by atoms with E-state index in [4.69, 9.17) is 9.05 Å². The Hall–Kier alpha value is -0.743. The summed E-state index contributed by atoms with van der Waals surface area (Å²) < 4.78 is 23.5. The molecule has 0 spiro atoms. The summed E-state index contributed by atoms with van der Waals surface area (Å²) in [5.74, 6) is -0.00472. The molecule has 2 rings (SSSR count). The third kappa shape index (κ3) is 1.96. The lowest BCUT2D eigenvalue weighted by molar-refractivity contribution is -0.111. The van der Waals surface area contributed by atoms with Crippen LogP contribution in [-0.2, 0) is 23.6 Å². The molecular weight excluding hydrogens is 291 g/mol. The van der Waals surface area contributed by atoms with Crippen LogP contribution in [0.5, 0.6) is 0 Å². The van der Waals surface area contributed by atoms with Crippen LogP contribution in [0.15, 0.2) is 30.3 Å². The van der Waals surface area contributed by atoms with E-state index in [9.17, 15) is 9.36 Å². The third-order valence-electron chi connectivity index (χ3n) is 3.96. The number of benzene rings is 1. The molecule has 0 bridgehead atoms. The number of Topliss-reactive ketones (excluding diaryl/α,β-unsaturated/α-hetero) is 1. The fourth-order valence-electron chi connectivity index (χ4n) is 3.13. The maximum absolute atomic E-state index is 13.1. The summed E-state index contributed by atoms with van der Waals surface area (Å²) in [5.41, 5.74) is 0.507. The van der Waals surface area contributed by atoms with E-state index >= 15 is 0 Å². The van der Waals surface area contributed by atoms with Gasteiger partial charge in [-0.25, -0.2) is 0 Å². The van der Waals surface area contributed by atoms with E-state index < -0.39 is 20.8 Å². The quantitative estimate of drug-likeness (QED) is 0.615. The molecule has 0 saturated heterocycles. The molecule has 4 nitrogen and oxygen atoms in total. The summed E-state index contributed by atoms with van der Waals surface area (Å²) in [7, 11) is -2.65. The number of carbonyl (C=O) groups is 1. The SMILES string of the molecule is COP(=O)(OC)C1(c2ccccc2)C(=O)C1[Si](C)(C)C. The molecule has 1 aliphatic rings. The molecule has 110 valence electrons. The van der Waals surface area contributed by atoms with Crippen molar-refractivity contribution >= 4 is 21.5 Å². The zero-order valence-electron chi connectivity index (χ0n) is 12.5. The van der Waals surface area contributed by atoms with E-state index in [1.807, 2.05) is 30.3 Å². The summed E-state index contributed by atoms with van der Waals surface area (Å²) in [6, 6.07) is 9.24. The molecule has 0 aromatic heterocycles. The Labute approximate surface area is 121 Å². The molecule has 0 amide bonds. The van der Waals surface area contributed by atoms with Gasteiger partial charge in [-0.05, 0) is 5.56 Å². The van der Waals surface area contributed by atoms with Crippen LogP contribution < -0.4 is 0 Å². The third-order valence-corrected chi connectivity index (χ3v) is 9.20. The minimum Gasteiger partial charge on any atom is -0.311 e. The van der Waals surface area contributed by atoms with Crippen molar-refractivity contribution in [1.29, 1.82) is 0 Å². The minimum absolute atomic E-state index is 0.00472. The number of ketones is 1. The van der Waals surface area contributed by atoms with E-state index in [1.165, 1.54) is 14.2 Å². The Balaban J connectivity index is 2.66. The van der Waals surface area contributed by atoms with E-state index in [-0.39, 0.29) is 11.3 Å². The Morgan fingerprint density at radius 1 is 1.10 bits per heavy atom. The van der Waals surface area contributed by atoms with Crippen LogP contribution in [-0.4, -0.2) is 28.1 Å². The number of hydrogen-bond acceptors (Lipinski definition) is 4. The van der Waals surface area contributed by atoms with Gasteiger partial charge in [0.2, 0.25) is 0 Å². The highest BCUT2D eigenvalue weighted by Gasteiger charge is 2.79. The molecule has 1 aromatic carbocycles. The van der Waals surface area contributed by atoms with Crippen LogP contribution in [0.3, 0.4) is 0 Å². The minimum atomic E-state index is -3.52. The molecule has 6 heteroatoms. The predicted molar refractivity (Wildman–Crippen MR) is 81.8 cm³/mol. The van der Waals surface area contributed by atoms with Gasteiger partial charge in [0.1, 0.15) is 0 Å². The van der Waals surface area contributed by atoms with Crippen molar-refractivity contribution in [2.75, 3.05) is 14.2 Å². The Kier molecular flexibility index (Phi) is 3.84. The highest BCUT2D eigenvalue weighted by Crippen LogP contribution is 2.80. The molecule has 1 saturated carbocycles. The van der Waals surface area contributed by atoms with Gasteiger partial charge < -0.3 is 9.05 Å². The van der Waals surface area contributed by atoms with Crippen LogP contribution in [0.4, 0.5) is 0 Å². The standard InChI is InChI=1S/C14H21O4PSi/c1-17-19(16,18-2)14(11-9-7-6-8-10-11)12(15)13(14)20(3,4)5/h6-10,13H,1-5H3. The Bertz CT molecular complexity index is 558. The van der Waals surface area contributed by atoms with Crippen molar-refractivity contribution in [1.82, 2.24) is 0 Å². The molecule has 20 heavy (non-hydrogen) atoms. The molecular formula is C14H21O4PSi. The number of rotatable bonds is 5. The van der Waals surface area contributed by atoms with Crippen molar-refractivity contribution < 1.29 is 18.4 Å². The first kappa shape index (κ1) is 15.6. The van der Waals surface area contributed by atoms with Gasteiger partial charge in [-0.1, -0.05) is 50.0 Å². The molecule has 0 N–H and O–H groups in total. The van der Waals surface area contributed by atoms with Gasteiger partial charge in [-0.15, -0.1) is 0 Å². The van der Waals surface area contributed by atoms with Gasteiger partial charge in [0, 0.05) is 19.8 Å². The van der Waals surface area contributed by atoms with Crippen molar-refractivity contribution in [3.05, 3.63) is 35.9 Å². The molecule has 0 heterocycles. The van der Waals surface area contributed by atoms with Crippen LogP contribution in [0.25, 0.3) is 0 Å². The van der Waals surface area contributed by atoms with Crippen molar-refractivity contribution in [2.24, 2.45) is 0 Å². The molecule has 0 radical (unpaired) electrons. The molecule has 2 unspecified atom stereocenters. The zero-order chi connectivity index (χ0) is 15.2. The average molecular weight is 312 g/mol. The summed E-state index contributed by atoms with van der Waals surface area (Å²) in [5, 5.41) is -1.11. The first-order valence-electron chi connectivity index (χ1n) is 6.57. The van der Waals surface area contributed by atoms with Crippen molar-refractivity contribution in [2.45, 2.75) is 30.3 Å². The number of hydrogen-bond donors (Lipinski definition) is 0. The van der Waals surface area contributed by atoms with Crippen LogP contribution >= 0.6 is 7.60 Å². The highest BCUT2D eigenvalue weighted by atomic mass is 31.2. The van der Waals surface area contributed by atoms with Gasteiger partial charge in [0.15, 0.2) is 10.9 Å². The van der Waals surface area contributed by atoms with E-state index in [1.54, 1.807) is 0 Å². The zero-order valence-corrected chi connectivity index (χ0v) is 14.4. The first-order chi connectivity index (χ1) is 9.25. The lowest BCUT2D eigenvalue weighted by Gasteiger charge is -2.27. The Morgan fingerprint density at radius 3 is 1.95 bits per heavy atom. The predicted octanol–water partition coefficient (Wildman–Crippen LogP) is 3.66. The molecule has 0 aliphatic heterocycles. The summed E-state index contributed by atoms with van der Waals surface area (Å²) in [4.78, 5) is 12.7. The summed E-state index contributed by atoms with van der Waals surface area (Å²) in [6.45, 7) is 6.32. The van der Waals surface area contributed by atoms with Gasteiger partial charge in [0.05, 0.1) is 8.07 Å². The van der Waals surface area contributed by atoms with Crippen LogP contribution in [0.1, 0.15) is 5.56 Å². The maximum Gasteiger partial charge on any atom is 0.348 e. The van der Waals surface area contributed by atoms with Gasteiger partial charge in [-0.3, -0.25) is 9.36 Å². The second-order valence-corrected chi connectivity index (χ2v) is 13.9.